The number of carbonyl (C=O) groups is 1. The highest BCUT2D eigenvalue weighted by Crippen LogP contribution is 2.38. The maximum absolute atomic E-state index is 13.2. The highest BCUT2D eigenvalue weighted by molar-refractivity contribution is 7.93. The van der Waals surface area contributed by atoms with Crippen LogP contribution in [-0.4, -0.2) is 19.5 Å². The van der Waals surface area contributed by atoms with Crippen molar-refractivity contribution < 1.29 is 18.3 Å². The number of benzene rings is 2. The van der Waals surface area contributed by atoms with E-state index in [0.717, 1.165) is 16.7 Å². The molecule has 29 heavy (non-hydrogen) atoms. The van der Waals surface area contributed by atoms with Crippen molar-refractivity contribution in [3.05, 3.63) is 64.7 Å². The average Bonchev–Trinajstić information content (AvgIpc) is 2.61. The molecule has 6 heteroatoms. The molecule has 0 aromatic heterocycles. The number of carboxylic acids is 1. The Bertz CT molecular complexity index is 935. The Hall–Kier alpha value is -2.34. The lowest BCUT2D eigenvalue weighted by atomic mass is 9.88. The van der Waals surface area contributed by atoms with Gasteiger partial charge in [0, 0.05) is 0 Å². The number of rotatable bonds is 8. The van der Waals surface area contributed by atoms with E-state index < -0.39 is 21.2 Å². The maximum atomic E-state index is 13.2. The summed E-state index contributed by atoms with van der Waals surface area (Å²) >= 11 is 0. The second kappa shape index (κ2) is 8.99. The summed E-state index contributed by atoms with van der Waals surface area (Å²) in [5, 5.41) is 8.01. The largest absolute Gasteiger partial charge is 0.480 e. The van der Waals surface area contributed by atoms with Gasteiger partial charge in [0.25, 0.3) is 10.0 Å². The molecule has 0 aliphatic carbocycles. The van der Waals surface area contributed by atoms with Gasteiger partial charge in [0.2, 0.25) is 5.25 Å². The number of hydrogen-bond acceptors (Lipinski definition) is 3. The van der Waals surface area contributed by atoms with E-state index in [1.807, 2.05) is 39.8 Å². The van der Waals surface area contributed by atoms with Gasteiger partial charge < -0.3 is 5.11 Å². The van der Waals surface area contributed by atoms with Gasteiger partial charge in [-0.05, 0) is 40.0 Å². The van der Waals surface area contributed by atoms with Crippen molar-refractivity contribution in [3.8, 4) is 0 Å². The SMILES string of the molecule is CC(C)c1cc(C(C)C)c(NS(=O)(=O)C(C(=O)O)c2ccccc2)c(C(C)C)c1. The third-order valence-corrected chi connectivity index (χ3v) is 6.60. The lowest BCUT2D eigenvalue weighted by molar-refractivity contribution is -0.136. The third-order valence-electron chi connectivity index (χ3n) is 5.01. The predicted molar refractivity (Wildman–Crippen MR) is 118 cm³/mol. The van der Waals surface area contributed by atoms with Gasteiger partial charge in [-0.2, -0.15) is 0 Å². The Morgan fingerprint density at radius 2 is 1.31 bits per heavy atom. The van der Waals surface area contributed by atoms with Gasteiger partial charge in [0.05, 0.1) is 5.69 Å². The fourth-order valence-corrected chi connectivity index (χ4v) is 4.78. The maximum Gasteiger partial charge on any atom is 0.328 e. The second-order valence-corrected chi connectivity index (χ2v) is 10.1. The van der Waals surface area contributed by atoms with E-state index in [1.54, 1.807) is 18.2 Å². The zero-order valence-corrected chi connectivity index (χ0v) is 18.7. The Balaban J connectivity index is 2.65. The monoisotopic (exact) mass is 417 g/mol. The van der Waals surface area contributed by atoms with Crippen LogP contribution in [0.5, 0.6) is 0 Å². The van der Waals surface area contributed by atoms with Crippen molar-refractivity contribution in [1.29, 1.82) is 0 Å². The van der Waals surface area contributed by atoms with Gasteiger partial charge in [-0.3, -0.25) is 9.52 Å². The van der Waals surface area contributed by atoms with Gasteiger partial charge >= 0.3 is 5.97 Å². The molecule has 0 heterocycles. The zero-order chi connectivity index (χ0) is 21.9. The molecule has 0 fully saturated rings. The number of sulfonamides is 1. The summed E-state index contributed by atoms with van der Waals surface area (Å²) in [5.74, 6) is -0.959. The predicted octanol–water partition coefficient (Wildman–Crippen LogP) is 5.62. The normalized spacial score (nSPS) is 13.1. The summed E-state index contributed by atoms with van der Waals surface area (Å²) < 4.78 is 29.1. The van der Waals surface area contributed by atoms with Crippen LogP contribution in [-0.2, 0) is 14.8 Å². The first-order valence-electron chi connectivity index (χ1n) is 9.92. The molecule has 2 rings (SSSR count). The molecule has 0 aliphatic heterocycles. The molecule has 0 aliphatic rings. The minimum absolute atomic E-state index is 0.0731. The van der Waals surface area contributed by atoms with Gasteiger partial charge in [-0.25, -0.2) is 8.42 Å². The number of anilines is 1. The van der Waals surface area contributed by atoms with Crippen LogP contribution in [0.3, 0.4) is 0 Å². The molecule has 2 N–H and O–H groups in total. The summed E-state index contributed by atoms with van der Waals surface area (Å²) in [6.45, 7) is 12.2. The molecule has 158 valence electrons. The summed E-state index contributed by atoms with van der Waals surface area (Å²) in [4.78, 5) is 11.9. The van der Waals surface area contributed by atoms with Crippen LogP contribution in [0.4, 0.5) is 5.69 Å². The molecule has 0 saturated heterocycles. The van der Waals surface area contributed by atoms with Crippen molar-refractivity contribution in [1.82, 2.24) is 0 Å². The molecule has 0 amide bonds. The number of nitrogens with one attached hydrogen (secondary N) is 1. The smallest absolute Gasteiger partial charge is 0.328 e. The highest BCUT2D eigenvalue weighted by Gasteiger charge is 2.35. The molecule has 1 unspecified atom stereocenters. The molecule has 0 saturated carbocycles. The Morgan fingerprint density at radius 1 is 0.828 bits per heavy atom. The van der Waals surface area contributed by atoms with Crippen molar-refractivity contribution >= 4 is 21.7 Å². The van der Waals surface area contributed by atoms with Gasteiger partial charge in [0.15, 0.2) is 0 Å². The fourth-order valence-electron chi connectivity index (χ4n) is 3.36. The average molecular weight is 418 g/mol. The Morgan fingerprint density at radius 3 is 1.69 bits per heavy atom. The van der Waals surface area contributed by atoms with Crippen LogP contribution in [0.1, 0.15) is 86.8 Å². The van der Waals surface area contributed by atoms with E-state index in [0.29, 0.717) is 11.6 Å². The van der Waals surface area contributed by atoms with Crippen LogP contribution < -0.4 is 4.72 Å². The molecule has 2 aromatic carbocycles. The molecule has 1 atom stereocenters. The van der Waals surface area contributed by atoms with E-state index >= 15 is 0 Å². The fraction of sp³-hybridized carbons (Fsp3) is 0.435. The zero-order valence-electron chi connectivity index (χ0n) is 17.9. The van der Waals surface area contributed by atoms with E-state index in [9.17, 15) is 18.3 Å². The quantitative estimate of drug-likeness (QED) is 0.583. The van der Waals surface area contributed by atoms with Crippen LogP contribution in [0.2, 0.25) is 0 Å². The summed E-state index contributed by atoms with van der Waals surface area (Å²) in [6, 6.07) is 12.1. The van der Waals surface area contributed by atoms with E-state index in [-0.39, 0.29) is 17.4 Å². The molecule has 0 spiro atoms. The Labute approximate surface area is 174 Å². The first kappa shape index (κ1) is 22.9. The molecule has 0 radical (unpaired) electrons. The van der Waals surface area contributed by atoms with Gasteiger partial charge in [-0.15, -0.1) is 0 Å². The minimum Gasteiger partial charge on any atom is -0.480 e. The van der Waals surface area contributed by atoms with E-state index in [2.05, 4.69) is 18.6 Å². The summed E-state index contributed by atoms with van der Waals surface area (Å²) in [5.41, 5.74) is 3.62. The lowest BCUT2D eigenvalue weighted by Crippen LogP contribution is -2.28. The van der Waals surface area contributed by atoms with E-state index in [1.165, 1.54) is 12.1 Å². The molecular weight excluding hydrogens is 386 g/mol. The number of hydrogen-bond donors (Lipinski definition) is 2. The summed E-state index contributed by atoms with van der Waals surface area (Å²) in [7, 11) is -4.22. The van der Waals surface area contributed by atoms with Gasteiger partial charge in [0.1, 0.15) is 0 Å². The summed E-state index contributed by atoms with van der Waals surface area (Å²) in [6.07, 6.45) is 0. The van der Waals surface area contributed by atoms with E-state index in [4.69, 9.17) is 0 Å². The standard InChI is InChI=1S/C23H31NO4S/c1-14(2)18-12-19(15(3)4)21(20(13-18)16(5)6)24-29(27,28)22(23(25)26)17-10-8-7-9-11-17/h7-16,22,24H,1-6H3,(H,25,26). The third kappa shape index (κ3) is 5.18. The van der Waals surface area contributed by atoms with Crippen LogP contribution in [0, 0.1) is 0 Å². The first-order valence-corrected chi connectivity index (χ1v) is 11.5. The van der Waals surface area contributed by atoms with Crippen LogP contribution in [0.15, 0.2) is 42.5 Å². The highest BCUT2D eigenvalue weighted by atomic mass is 32.2. The van der Waals surface area contributed by atoms with Crippen molar-refractivity contribution in [2.75, 3.05) is 4.72 Å². The molecule has 0 bridgehead atoms. The second-order valence-electron chi connectivity index (χ2n) is 8.31. The minimum atomic E-state index is -4.22. The Kier molecular flexibility index (Phi) is 7.11. The molecule has 5 nitrogen and oxygen atoms in total. The lowest BCUT2D eigenvalue weighted by Gasteiger charge is -2.25. The molecular formula is C23H31NO4S. The van der Waals surface area contributed by atoms with Crippen molar-refractivity contribution in [2.24, 2.45) is 0 Å². The number of aliphatic carboxylic acids is 1. The first-order chi connectivity index (χ1) is 13.5. The van der Waals surface area contributed by atoms with Crippen molar-refractivity contribution in [2.45, 2.75) is 64.5 Å². The number of carboxylic acid groups (broad SMARTS) is 1. The van der Waals surface area contributed by atoms with Crippen LogP contribution >= 0.6 is 0 Å². The topological polar surface area (TPSA) is 83.5 Å². The molecule has 2 aromatic rings. The van der Waals surface area contributed by atoms with Gasteiger partial charge in [-0.1, -0.05) is 84.0 Å². The van der Waals surface area contributed by atoms with Crippen molar-refractivity contribution in [3.63, 3.8) is 0 Å². The van der Waals surface area contributed by atoms with Crippen LogP contribution in [0.25, 0.3) is 0 Å².